The summed E-state index contributed by atoms with van der Waals surface area (Å²) in [6.07, 6.45) is 6.62. The van der Waals surface area contributed by atoms with Gasteiger partial charge in [-0.1, -0.05) is 0 Å². The SMILES string of the molecule is CCn1cc(C(C)NC2CCN(C)C(C)C2)cn1. The molecule has 2 rings (SSSR count). The maximum atomic E-state index is 4.34. The van der Waals surface area contributed by atoms with Gasteiger partial charge in [-0.2, -0.15) is 5.10 Å². The van der Waals surface area contributed by atoms with Crippen molar-refractivity contribution >= 4 is 0 Å². The number of hydrogen-bond acceptors (Lipinski definition) is 3. The van der Waals surface area contributed by atoms with Crippen molar-refractivity contribution in [3.63, 3.8) is 0 Å². The second-order valence-electron chi connectivity index (χ2n) is 5.57. The van der Waals surface area contributed by atoms with Crippen molar-refractivity contribution in [3.05, 3.63) is 18.0 Å². The van der Waals surface area contributed by atoms with Crippen molar-refractivity contribution in [1.82, 2.24) is 20.0 Å². The van der Waals surface area contributed by atoms with Gasteiger partial charge in [-0.3, -0.25) is 4.68 Å². The molecule has 3 unspecified atom stereocenters. The fourth-order valence-electron chi connectivity index (χ4n) is 2.67. The number of nitrogens with zero attached hydrogens (tertiary/aromatic N) is 3. The number of likely N-dealkylation sites (tertiary alicyclic amines) is 1. The number of hydrogen-bond donors (Lipinski definition) is 1. The van der Waals surface area contributed by atoms with E-state index >= 15 is 0 Å². The molecule has 0 saturated carbocycles. The highest BCUT2D eigenvalue weighted by Gasteiger charge is 2.24. The molecule has 1 aliphatic rings. The topological polar surface area (TPSA) is 33.1 Å². The van der Waals surface area contributed by atoms with Gasteiger partial charge in [-0.15, -0.1) is 0 Å². The molecule has 0 amide bonds. The molecular formula is C14H26N4. The Balaban J connectivity index is 1.89. The van der Waals surface area contributed by atoms with Gasteiger partial charge in [-0.25, -0.2) is 0 Å². The van der Waals surface area contributed by atoms with E-state index in [1.54, 1.807) is 0 Å². The Kier molecular flexibility index (Phi) is 4.40. The Morgan fingerprint density at radius 3 is 2.94 bits per heavy atom. The summed E-state index contributed by atoms with van der Waals surface area (Å²) >= 11 is 0. The van der Waals surface area contributed by atoms with Crippen molar-refractivity contribution in [2.24, 2.45) is 0 Å². The first-order valence-corrected chi connectivity index (χ1v) is 7.08. The Bertz CT molecular complexity index is 374. The Hall–Kier alpha value is -0.870. The smallest absolute Gasteiger partial charge is 0.0537 e. The van der Waals surface area contributed by atoms with Crippen molar-refractivity contribution in [2.45, 2.75) is 58.3 Å². The van der Waals surface area contributed by atoms with Gasteiger partial charge in [0.15, 0.2) is 0 Å². The maximum absolute atomic E-state index is 4.34. The molecule has 1 aliphatic heterocycles. The molecule has 3 atom stereocenters. The van der Waals surface area contributed by atoms with Crippen LogP contribution < -0.4 is 5.32 Å². The lowest BCUT2D eigenvalue weighted by atomic mass is 9.97. The van der Waals surface area contributed by atoms with Crippen molar-refractivity contribution < 1.29 is 0 Å². The zero-order valence-electron chi connectivity index (χ0n) is 12.1. The summed E-state index contributed by atoms with van der Waals surface area (Å²) in [7, 11) is 2.22. The maximum Gasteiger partial charge on any atom is 0.0537 e. The monoisotopic (exact) mass is 250 g/mol. The van der Waals surface area contributed by atoms with E-state index in [0.717, 1.165) is 6.54 Å². The van der Waals surface area contributed by atoms with Crippen LogP contribution in [-0.4, -0.2) is 40.4 Å². The number of rotatable bonds is 4. The van der Waals surface area contributed by atoms with Gasteiger partial charge in [0.25, 0.3) is 0 Å². The molecule has 1 N–H and O–H groups in total. The largest absolute Gasteiger partial charge is 0.307 e. The van der Waals surface area contributed by atoms with E-state index in [1.807, 2.05) is 10.9 Å². The third-order valence-corrected chi connectivity index (χ3v) is 4.17. The number of aromatic nitrogens is 2. The molecule has 0 aliphatic carbocycles. The second-order valence-corrected chi connectivity index (χ2v) is 5.57. The minimum absolute atomic E-state index is 0.394. The molecule has 1 saturated heterocycles. The molecule has 102 valence electrons. The molecule has 1 aromatic heterocycles. The highest BCUT2D eigenvalue weighted by atomic mass is 15.3. The zero-order chi connectivity index (χ0) is 13.1. The standard InChI is InChI=1S/C14H26N4/c1-5-18-10-13(9-15-18)12(3)16-14-6-7-17(4)11(2)8-14/h9-12,14,16H,5-8H2,1-4H3. The minimum Gasteiger partial charge on any atom is -0.307 e. The summed E-state index contributed by atoms with van der Waals surface area (Å²) < 4.78 is 1.99. The second kappa shape index (κ2) is 5.85. The third kappa shape index (κ3) is 3.12. The van der Waals surface area contributed by atoms with Crippen molar-refractivity contribution in [2.75, 3.05) is 13.6 Å². The Labute approximate surface area is 110 Å². The van der Waals surface area contributed by atoms with E-state index in [4.69, 9.17) is 0 Å². The number of aryl methyl sites for hydroxylation is 1. The highest BCUT2D eigenvalue weighted by molar-refractivity contribution is 5.09. The normalized spacial score (nSPS) is 27.3. The van der Waals surface area contributed by atoms with Gasteiger partial charge < -0.3 is 10.2 Å². The van der Waals surface area contributed by atoms with E-state index in [9.17, 15) is 0 Å². The van der Waals surface area contributed by atoms with Crippen LogP contribution in [0.25, 0.3) is 0 Å². The third-order valence-electron chi connectivity index (χ3n) is 4.17. The molecule has 4 nitrogen and oxygen atoms in total. The molecule has 0 aromatic carbocycles. The summed E-state index contributed by atoms with van der Waals surface area (Å²) in [4.78, 5) is 2.44. The van der Waals surface area contributed by atoms with Crippen molar-refractivity contribution in [1.29, 1.82) is 0 Å². The first-order chi connectivity index (χ1) is 8.60. The average molecular weight is 250 g/mol. The Morgan fingerprint density at radius 1 is 1.56 bits per heavy atom. The molecular weight excluding hydrogens is 224 g/mol. The summed E-state index contributed by atoms with van der Waals surface area (Å²) in [6.45, 7) is 8.80. The summed E-state index contributed by atoms with van der Waals surface area (Å²) in [6, 6.07) is 1.71. The molecule has 0 radical (unpaired) electrons. The average Bonchev–Trinajstić information content (AvgIpc) is 2.82. The lowest BCUT2D eigenvalue weighted by molar-refractivity contribution is 0.163. The molecule has 2 heterocycles. The van der Waals surface area contributed by atoms with E-state index in [0.29, 0.717) is 18.1 Å². The van der Waals surface area contributed by atoms with Crippen LogP contribution in [0.3, 0.4) is 0 Å². The van der Waals surface area contributed by atoms with Crippen molar-refractivity contribution in [3.8, 4) is 0 Å². The fourth-order valence-corrected chi connectivity index (χ4v) is 2.67. The van der Waals surface area contributed by atoms with Crippen LogP contribution >= 0.6 is 0 Å². The molecule has 4 heteroatoms. The number of nitrogens with one attached hydrogen (secondary N) is 1. The minimum atomic E-state index is 0.394. The van der Waals surface area contributed by atoms with E-state index in [1.165, 1.54) is 24.9 Å². The summed E-state index contributed by atoms with van der Waals surface area (Å²) in [5.41, 5.74) is 1.29. The van der Waals surface area contributed by atoms with Gasteiger partial charge in [0.05, 0.1) is 6.20 Å². The van der Waals surface area contributed by atoms with Gasteiger partial charge in [0, 0.05) is 36.4 Å². The molecule has 1 fully saturated rings. The Morgan fingerprint density at radius 2 is 2.33 bits per heavy atom. The lowest BCUT2D eigenvalue weighted by Gasteiger charge is -2.36. The number of piperidine rings is 1. The van der Waals surface area contributed by atoms with Gasteiger partial charge in [-0.05, 0) is 47.2 Å². The van der Waals surface area contributed by atoms with Crippen LogP contribution in [0.2, 0.25) is 0 Å². The first-order valence-electron chi connectivity index (χ1n) is 7.08. The van der Waals surface area contributed by atoms with Crippen LogP contribution in [0.15, 0.2) is 12.4 Å². The zero-order valence-corrected chi connectivity index (χ0v) is 12.1. The molecule has 0 bridgehead atoms. The van der Waals surface area contributed by atoms with Gasteiger partial charge in [0.1, 0.15) is 0 Å². The highest BCUT2D eigenvalue weighted by Crippen LogP contribution is 2.19. The quantitative estimate of drug-likeness (QED) is 0.887. The van der Waals surface area contributed by atoms with E-state index in [-0.39, 0.29) is 0 Å². The van der Waals surface area contributed by atoms with Gasteiger partial charge in [0.2, 0.25) is 0 Å². The molecule has 18 heavy (non-hydrogen) atoms. The van der Waals surface area contributed by atoms with Crippen LogP contribution in [0.1, 0.15) is 45.2 Å². The van der Waals surface area contributed by atoms with E-state index < -0.39 is 0 Å². The van der Waals surface area contributed by atoms with Crippen LogP contribution in [-0.2, 0) is 6.54 Å². The summed E-state index contributed by atoms with van der Waals surface area (Å²) in [5.74, 6) is 0. The predicted octanol–water partition coefficient (Wildman–Crippen LogP) is 2.04. The first kappa shape index (κ1) is 13.6. The molecule has 0 spiro atoms. The van der Waals surface area contributed by atoms with Crippen LogP contribution in [0.5, 0.6) is 0 Å². The fraction of sp³-hybridized carbons (Fsp3) is 0.786. The lowest BCUT2D eigenvalue weighted by Crippen LogP contribution is -2.46. The summed E-state index contributed by atoms with van der Waals surface area (Å²) in [5, 5.41) is 8.09. The predicted molar refractivity (Wildman–Crippen MR) is 74.6 cm³/mol. The van der Waals surface area contributed by atoms with Crippen LogP contribution in [0, 0.1) is 0 Å². The van der Waals surface area contributed by atoms with Gasteiger partial charge >= 0.3 is 0 Å². The van der Waals surface area contributed by atoms with E-state index in [2.05, 4.69) is 49.3 Å². The van der Waals surface area contributed by atoms with Crippen LogP contribution in [0.4, 0.5) is 0 Å². The molecule has 1 aromatic rings.